The molecular weight excluding hydrogens is 294 g/mol. The van der Waals surface area contributed by atoms with E-state index in [0.717, 1.165) is 5.56 Å². The lowest BCUT2D eigenvalue weighted by Gasteiger charge is -2.36. The third kappa shape index (κ3) is 3.30. The lowest BCUT2D eigenvalue weighted by atomic mass is 9.73. The minimum Gasteiger partial charge on any atom is -0.467 e. The molecule has 0 unspecified atom stereocenters. The van der Waals surface area contributed by atoms with Crippen LogP contribution in [0.2, 0.25) is 0 Å². The first-order valence-corrected chi connectivity index (χ1v) is 7.85. The van der Waals surface area contributed by atoms with Crippen molar-refractivity contribution >= 4 is 5.91 Å². The third-order valence-electron chi connectivity index (χ3n) is 4.43. The van der Waals surface area contributed by atoms with E-state index in [9.17, 15) is 9.90 Å². The molecule has 3 rings (SSSR count). The van der Waals surface area contributed by atoms with Crippen molar-refractivity contribution in [1.29, 1.82) is 0 Å². The van der Waals surface area contributed by atoms with E-state index in [4.69, 9.17) is 9.15 Å². The normalized spacial score (nSPS) is 18.3. The number of rotatable bonds is 5. The first-order chi connectivity index (χ1) is 11.2. The zero-order valence-corrected chi connectivity index (χ0v) is 12.9. The van der Waals surface area contributed by atoms with Crippen molar-refractivity contribution in [2.45, 2.75) is 24.4 Å². The maximum absolute atomic E-state index is 12.9. The monoisotopic (exact) mass is 315 g/mol. The Hall–Kier alpha value is -2.11. The summed E-state index contributed by atoms with van der Waals surface area (Å²) >= 11 is 0. The second kappa shape index (κ2) is 6.98. The van der Waals surface area contributed by atoms with Gasteiger partial charge < -0.3 is 19.6 Å². The SMILES string of the molecule is O=C(NC[C@H](O)c1ccco1)C1(c2ccccc2)CCOCC1. The van der Waals surface area contributed by atoms with Crippen LogP contribution in [0.4, 0.5) is 0 Å². The number of furan rings is 1. The number of aliphatic hydroxyl groups is 1. The third-order valence-corrected chi connectivity index (χ3v) is 4.43. The van der Waals surface area contributed by atoms with Crippen LogP contribution in [-0.2, 0) is 14.9 Å². The van der Waals surface area contributed by atoms with E-state index in [-0.39, 0.29) is 12.5 Å². The van der Waals surface area contributed by atoms with Gasteiger partial charge in [-0.3, -0.25) is 4.79 Å². The van der Waals surface area contributed by atoms with Gasteiger partial charge in [0.15, 0.2) is 0 Å². The van der Waals surface area contributed by atoms with Gasteiger partial charge in [0, 0.05) is 13.2 Å². The Morgan fingerprint density at radius 1 is 1.17 bits per heavy atom. The van der Waals surface area contributed by atoms with E-state index in [0.29, 0.717) is 31.8 Å². The molecule has 23 heavy (non-hydrogen) atoms. The summed E-state index contributed by atoms with van der Waals surface area (Å²) in [4.78, 5) is 12.9. The fourth-order valence-corrected chi connectivity index (χ4v) is 3.06. The quantitative estimate of drug-likeness (QED) is 0.887. The molecule has 1 aliphatic heterocycles. The molecule has 2 N–H and O–H groups in total. The van der Waals surface area contributed by atoms with E-state index in [1.54, 1.807) is 12.1 Å². The van der Waals surface area contributed by atoms with E-state index in [1.165, 1.54) is 6.26 Å². The molecule has 1 aromatic heterocycles. The van der Waals surface area contributed by atoms with Crippen molar-refractivity contribution in [1.82, 2.24) is 5.32 Å². The molecular formula is C18H21NO4. The maximum Gasteiger partial charge on any atom is 0.230 e. The summed E-state index contributed by atoms with van der Waals surface area (Å²) in [6, 6.07) is 13.2. The van der Waals surface area contributed by atoms with E-state index >= 15 is 0 Å². The molecule has 1 amide bonds. The Bertz CT molecular complexity index is 618. The standard InChI is InChI=1S/C18H21NO4/c20-15(16-7-4-10-23-16)13-19-17(21)18(8-11-22-12-9-18)14-5-2-1-3-6-14/h1-7,10,15,20H,8-9,11-13H2,(H,19,21)/t15-/m0/s1. The van der Waals surface area contributed by atoms with Gasteiger partial charge in [-0.05, 0) is 30.5 Å². The zero-order valence-electron chi connectivity index (χ0n) is 12.9. The highest BCUT2D eigenvalue weighted by Gasteiger charge is 2.41. The lowest BCUT2D eigenvalue weighted by Crippen LogP contribution is -2.48. The van der Waals surface area contributed by atoms with Gasteiger partial charge >= 0.3 is 0 Å². The van der Waals surface area contributed by atoms with Crippen molar-refractivity contribution in [3.63, 3.8) is 0 Å². The number of aliphatic hydroxyl groups excluding tert-OH is 1. The Morgan fingerprint density at radius 3 is 2.57 bits per heavy atom. The van der Waals surface area contributed by atoms with Gasteiger partial charge in [0.25, 0.3) is 0 Å². The summed E-state index contributed by atoms with van der Waals surface area (Å²) in [6.07, 6.45) is 1.94. The summed E-state index contributed by atoms with van der Waals surface area (Å²) in [6.45, 7) is 1.24. The molecule has 1 fully saturated rings. The van der Waals surface area contributed by atoms with Crippen LogP contribution in [0.3, 0.4) is 0 Å². The first kappa shape index (κ1) is 15.8. The highest BCUT2D eigenvalue weighted by atomic mass is 16.5. The molecule has 122 valence electrons. The fourth-order valence-electron chi connectivity index (χ4n) is 3.06. The molecule has 2 heterocycles. The van der Waals surface area contributed by atoms with Gasteiger partial charge in [0.1, 0.15) is 11.9 Å². The summed E-state index contributed by atoms with van der Waals surface area (Å²) in [5.41, 5.74) is 0.399. The van der Waals surface area contributed by atoms with Gasteiger partial charge in [-0.1, -0.05) is 30.3 Å². The average Bonchev–Trinajstić information content (AvgIpc) is 3.15. The molecule has 0 aliphatic carbocycles. The minimum atomic E-state index is -0.846. The number of benzene rings is 1. The summed E-state index contributed by atoms with van der Waals surface area (Å²) in [5, 5.41) is 13.0. The highest BCUT2D eigenvalue weighted by Crippen LogP contribution is 2.35. The van der Waals surface area contributed by atoms with Crippen molar-refractivity contribution in [3.8, 4) is 0 Å². The number of hydrogen-bond donors (Lipinski definition) is 2. The Morgan fingerprint density at radius 2 is 1.91 bits per heavy atom. The maximum atomic E-state index is 12.9. The smallest absolute Gasteiger partial charge is 0.230 e. The molecule has 2 aromatic rings. The summed E-state index contributed by atoms with van der Waals surface area (Å²) in [7, 11) is 0. The van der Waals surface area contributed by atoms with Crippen LogP contribution >= 0.6 is 0 Å². The van der Waals surface area contributed by atoms with Gasteiger partial charge in [-0.2, -0.15) is 0 Å². The van der Waals surface area contributed by atoms with Crippen molar-refractivity contribution < 1.29 is 19.1 Å². The number of hydrogen-bond acceptors (Lipinski definition) is 4. The van der Waals surface area contributed by atoms with E-state index < -0.39 is 11.5 Å². The molecule has 0 saturated carbocycles. The fraction of sp³-hybridized carbons (Fsp3) is 0.389. The number of carbonyl (C=O) groups is 1. The first-order valence-electron chi connectivity index (χ1n) is 7.85. The molecule has 5 nitrogen and oxygen atoms in total. The number of ether oxygens (including phenoxy) is 1. The number of carbonyl (C=O) groups excluding carboxylic acids is 1. The van der Waals surface area contributed by atoms with Crippen molar-refractivity contribution in [3.05, 3.63) is 60.1 Å². The summed E-state index contributed by atoms with van der Waals surface area (Å²) in [5.74, 6) is 0.378. The largest absolute Gasteiger partial charge is 0.467 e. The van der Waals surface area contributed by atoms with Crippen LogP contribution in [0.1, 0.15) is 30.3 Å². The number of nitrogens with one attached hydrogen (secondary N) is 1. The van der Waals surface area contributed by atoms with Crippen LogP contribution in [0.25, 0.3) is 0 Å². The van der Waals surface area contributed by atoms with Crippen LogP contribution < -0.4 is 5.32 Å². The molecule has 0 radical (unpaired) electrons. The lowest BCUT2D eigenvalue weighted by molar-refractivity contribution is -0.131. The van der Waals surface area contributed by atoms with Gasteiger partial charge in [-0.25, -0.2) is 0 Å². The molecule has 1 aromatic carbocycles. The van der Waals surface area contributed by atoms with Gasteiger partial charge in [-0.15, -0.1) is 0 Å². The Balaban J connectivity index is 1.73. The van der Waals surface area contributed by atoms with Gasteiger partial charge in [0.2, 0.25) is 5.91 Å². The zero-order chi connectivity index (χ0) is 16.1. The summed E-state index contributed by atoms with van der Waals surface area (Å²) < 4.78 is 10.6. The topological polar surface area (TPSA) is 71.7 Å². The van der Waals surface area contributed by atoms with Crippen LogP contribution in [0.5, 0.6) is 0 Å². The van der Waals surface area contributed by atoms with E-state index in [2.05, 4.69) is 5.32 Å². The van der Waals surface area contributed by atoms with Gasteiger partial charge in [0.05, 0.1) is 18.2 Å². The highest BCUT2D eigenvalue weighted by molar-refractivity contribution is 5.88. The van der Waals surface area contributed by atoms with E-state index in [1.807, 2.05) is 30.3 Å². The second-order valence-electron chi connectivity index (χ2n) is 5.80. The average molecular weight is 315 g/mol. The molecule has 5 heteroatoms. The predicted molar refractivity (Wildman–Crippen MR) is 84.9 cm³/mol. The molecule has 1 saturated heterocycles. The Kier molecular flexibility index (Phi) is 4.79. The van der Waals surface area contributed by atoms with Crippen molar-refractivity contribution in [2.75, 3.05) is 19.8 Å². The molecule has 1 aliphatic rings. The predicted octanol–water partition coefficient (Wildman–Crippen LogP) is 2.18. The minimum absolute atomic E-state index is 0.0717. The van der Waals surface area contributed by atoms with Crippen LogP contribution in [0.15, 0.2) is 53.1 Å². The molecule has 0 bridgehead atoms. The Labute approximate surface area is 135 Å². The molecule has 0 spiro atoms. The van der Waals surface area contributed by atoms with Crippen molar-refractivity contribution in [2.24, 2.45) is 0 Å². The van der Waals surface area contributed by atoms with Crippen LogP contribution in [0, 0.1) is 0 Å². The second-order valence-corrected chi connectivity index (χ2v) is 5.80. The number of amides is 1. The van der Waals surface area contributed by atoms with Crippen LogP contribution in [-0.4, -0.2) is 30.8 Å². The molecule has 1 atom stereocenters.